The maximum atomic E-state index is 12.1. The van der Waals surface area contributed by atoms with E-state index in [4.69, 9.17) is 5.11 Å². The molecule has 0 spiro atoms. The Hall–Kier alpha value is -0.470. The van der Waals surface area contributed by atoms with Gasteiger partial charge in [-0.15, -0.1) is 11.3 Å². The summed E-state index contributed by atoms with van der Waals surface area (Å²) in [5, 5.41) is 9.12. The molecule has 0 unspecified atom stereocenters. The van der Waals surface area contributed by atoms with E-state index in [1.165, 1.54) is 12.8 Å². The van der Waals surface area contributed by atoms with Crippen LogP contribution in [0, 0.1) is 6.92 Å². The van der Waals surface area contributed by atoms with Crippen LogP contribution in [-0.2, 0) is 16.6 Å². The highest BCUT2D eigenvalue weighted by Crippen LogP contribution is 2.25. The molecule has 2 N–H and O–H groups in total. The predicted molar refractivity (Wildman–Crippen MR) is 80.5 cm³/mol. The minimum atomic E-state index is -3.43. The molecule has 1 aliphatic rings. The zero-order valence-electron chi connectivity index (χ0n) is 11.8. The van der Waals surface area contributed by atoms with Crippen molar-refractivity contribution in [2.75, 3.05) is 26.2 Å². The fourth-order valence-electron chi connectivity index (χ4n) is 2.36. The van der Waals surface area contributed by atoms with Crippen LogP contribution in [0.15, 0.2) is 10.3 Å². The van der Waals surface area contributed by atoms with E-state index < -0.39 is 10.0 Å². The number of rotatable bonds is 7. The lowest BCUT2D eigenvalue weighted by atomic mass is 10.3. The van der Waals surface area contributed by atoms with Gasteiger partial charge in [0, 0.05) is 11.4 Å². The van der Waals surface area contributed by atoms with Gasteiger partial charge in [0.15, 0.2) is 0 Å². The molecule has 1 aromatic heterocycles. The minimum absolute atomic E-state index is 0.110. The van der Waals surface area contributed by atoms with Crippen LogP contribution < -0.4 is 4.72 Å². The Morgan fingerprint density at radius 2 is 2.10 bits per heavy atom. The summed E-state index contributed by atoms with van der Waals surface area (Å²) in [6.45, 7) is 5.39. The molecule has 114 valence electrons. The highest BCUT2D eigenvalue weighted by molar-refractivity contribution is 7.91. The standard InChI is InChI=1S/C13H22N2O3S2/c1-11-9-13(19-12(11)10-16)20(17,18)14-5-4-8-15-6-2-3-7-15/h9,14,16H,2-8,10H2,1H3. The van der Waals surface area contributed by atoms with E-state index in [1.807, 2.05) is 6.92 Å². The Kier molecular flexibility index (Phi) is 5.57. The van der Waals surface area contributed by atoms with Gasteiger partial charge in [0.1, 0.15) is 4.21 Å². The van der Waals surface area contributed by atoms with Gasteiger partial charge in [-0.05, 0) is 57.5 Å². The van der Waals surface area contributed by atoms with Crippen molar-refractivity contribution in [3.8, 4) is 0 Å². The Morgan fingerprint density at radius 1 is 1.40 bits per heavy atom. The van der Waals surface area contributed by atoms with Crippen LogP contribution in [0.5, 0.6) is 0 Å². The van der Waals surface area contributed by atoms with Crippen molar-refractivity contribution >= 4 is 21.4 Å². The molecule has 1 saturated heterocycles. The summed E-state index contributed by atoms with van der Waals surface area (Å²) in [6.07, 6.45) is 3.34. The molecule has 5 nitrogen and oxygen atoms in total. The summed E-state index contributed by atoms with van der Waals surface area (Å²) < 4.78 is 27.2. The second-order valence-electron chi connectivity index (χ2n) is 5.13. The number of sulfonamides is 1. The average molecular weight is 318 g/mol. The third-order valence-corrected chi connectivity index (χ3v) is 6.70. The normalized spacial score (nSPS) is 16.9. The first kappa shape index (κ1) is 15.9. The van der Waals surface area contributed by atoms with E-state index in [1.54, 1.807) is 6.07 Å². The molecule has 0 amide bonds. The summed E-state index contributed by atoms with van der Waals surface area (Å²) in [6, 6.07) is 1.62. The molecule has 7 heteroatoms. The van der Waals surface area contributed by atoms with Gasteiger partial charge in [-0.3, -0.25) is 0 Å². The monoisotopic (exact) mass is 318 g/mol. The number of hydrogen-bond acceptors (Lipinski definition) is 5. The van der Waals surface area contributed by atoms with Crippen molar-refractivity contribution in [2.45, 2.75) is 37.0 Å². The molecule has 1 aliphatic heterocycles. The Labute approximate surface area is 124 Å². The van der Waals surface area contributed by atoms with E-state index in [-0.39, 0.29) is 6.61 Å². The topological polar surface area (TPSA) is 69.6 Å². The molecular weight excluding hydrogens is 296 g/mol. The van der Waals surface area contributed by atoms with Crippen LogP contribution in [0.1, 0.15) is 29.7 Å². The van der Waals surface area contributed by atoms with Gasteiger partial charge in [-0.25, -0.2) is 13.1 Å². The van der Waals surface area contributed by atoms with E-state index >= 15 is 0 Å². The second kappa shape index (κ2) is 7.00. The predicted octanol–water partition coefficient (Wildman–Crippen LogP) is 1.31. The van der Waals surface area contributed by atoms with Crippen molar-refractivity contribution < 1.29 is 13.5 Å². The second-order valence-corrected chi connectivity index (χ2v) is 8.26. The summed E-state index contributed by atoms with van der Waals surface area (Å²) >= 11 is 1.14. The number of likely N-dealkylation sites (tertiary alicyclic amines) is 1. The molecule has 1 aromatic rings. The highest BCUT2D eigenvalue weighted by atomic mass is 32.2. The number of aryl methyl sites for hydroxylation is 1. The smallest absolute Gasteiger partial charge is 0.250 e. The quantitative estimate of drug-likeness (QED) is 0.744. The molecule has 2 heterocycles. The maximum Gasteiger partial charge on any atom is 0.250 e. The first-order chi connectivity index (χ1) is 9.53. The number of thiophene rings is 1. The Balaban J connectivity index is 1.83. The van der Waals surface area contributed by atoms with E-state index in [9.17, 15) is 8.42 Å². The van der Waals surface area contributed by atoms with Gasteiger partial charge in [0.25, 0.3) is 0 Å². The summed E-state index contributed by atoms with van der Waals surface area (Å²) in [5.74, 6) is 0. The highest BCUT2D eigenvalue weighted by Gasteiger charge is 2.18. The van der Waals surface area contributed by atoms with E-state index in [2.05, 4.69) is 9.62 Å². The number of nitrogens with zero attached hydrogens (tertiary/aromatic N) is 1. The van der Waals surface area contributed by atoms with Crippen LogP contribution in [0.4, 0.5) is 0 Å². The van der Waals surface area contributed by atoms with Crippen LogP contribution in [0.3, 0.4) is 0 Å². The third kappa shape index (κ3) is 4.02. The van der Waals surface area contributed by atoms with Gasteiger partial charge in [-0.2, -0.15) is 0 Å². The summed E-state index contributed by atoms with van der Waals surface area (Å²) in [5.41, 5.74) is 0.829. The van der Waals surface area contributed by atoms with Crippen molar-refractivity contribution in [1.82, 2.24) is 9.62 Å². The summed E-state index contributed by atoms with van der Waals surface area (Å²) in [4.78, 5) is 3.08. The zero-order valence-corrected chi connectivity index (χ0v) is 13.4. The van der Waals surface area contributed by atoms with Crippen LogP contribution in [0.2, 0.25) is 0 Å². The number of aliphatic hydroxyl groups is 1. The van der Waals surface area contributed by atoms with E-state index in [0.717, 1.165) is 43.0 Å². The lowest BCUT2D eigenvalue weighted by molar-refractivity contribution is 0.285. The van der Waals surface area contributed by atoms with Crippen LogP contribution in [-0.4, -0.2) is 44.6 Å². The molecule has 0 atom stereocenters. The SMILES string of the molecule is Cc1cc(S(=O)(=O)NCCCN2CCCC2)sc1CO. The molecule has 2 rings (SSSR count). The van der Waals surface area contributed by atoms with Gasteiger partial charge in [0.2, 0.25) is 10.0 Å². The van der Waals surface area contributed by atoms with Gasteiger partial charge in [-0.1, -0.05) is 0 Å². The van der Waals surface area contributed by atoms with Crippen molar-refractivity contribution in [3.05, 3.63) is 16.5 Å². The number of hydrogen-bond donors (Lipinski definition) is 2. The molecule has 0 aliphatic carbocycles. The van der Waals surface area contributed by atoms with Gasteiger partial charge >= 0.3 is 0 Å². The maximum absolute atomic E-state index is 12.1. The van der Waals surface area contributed by atoms with Gasteiger partial charge in [0.05, 0.1) is 6.61 Å². The minimum Gasteiger partial charge on any atom is -0.391 e. The van der Waals surface area contributed by atoms with Crippen LogP contribution in [0.25, 0.3) is 0 Å². The largest absolute Gasteiger partial charge is 0.391 e. The molecule has 20 heavy (non-hydrogen) atoms. The zero-order chi connectivity index (χ0) is 14.6. The van der Waals surface area contributed by atoms with Crippen molar-refractivity contribution in [1.29, 1.82) is 0 Å². The number of aliphatic hydroxyl groups excluding tert-OH is 1. The molecule has 0 radical (unpaired) electrons. The lowest BCUT2D eigenvalue weighted by Gasteiger charge is -2.14. The lowest BCUT2D eigenvalue weighted by Crippen LogP contribution is -2.28. The number of nitrogens with one attached hydrogen (secondary N) is 1. The summed E-state index contributed by atoms with van der Waals surface area (Å²) in [7, 11) is -3.43. The Morgan fingerprint density at radius 3 is 2.70 bits per heavy atom. The molecule has 1 fully saturated rings. The Bertz CT molecular complexity index is 534. The first-order valence-corrected chi connectivity index (χ1v) is 9.25. The van der Waals surface area contributed by atoms with Gasteiger partial charge < -0.3 is 10.0 Å². The van der Waals surface area contributed by atoms with Crippen molar-refractivity contribution in [2.24, 2.45) is 0 Å². The molecule has 0 saturated carbocycles. The average Bonchev–Trinajstić information content (AvgIpc) is 3.04. The fraction of sp³-hybridized carbons (Fsp3) is 0.692. The fourth-order valence-corrected chi connectivity index (χ4v) is 4.93. The van der Waals surface area contributed by atoms with Crippen molar-refractivity contribution in [3.63, 3.8) is 0 Å². The first-order valence-electron chi connectivity index (χ1n) is 6.95. The molecular formula is C13H22N2O3S2. The van der Waals surface area contributed by atoms with E-state index in [0.29, 0.717) is 15.6 Å². The molecule has 0 bridgehead atoms. The molecule has 0 aromatic carbocycles. The third-order valence-electron chi connectivity index (χ3n) is 3.55. The van der Waals surface area contributed by atoms with Crippen LogP contribution >= 0.6 is 11.3 Å².